The number of hydrogen-bond acceptors (Lipinski definition) is 5. The standard InChI is InChI=1S/C12H17N5/c1-9-16-11(6-12(17-9)15-8-13)14-7-10-4-2-3-5-10/h6,10H,2-5,7H2,1H3,(H2,14,15,16,17). The highest BCUT2D eigenvalue weighted by Crippen LogP contribution is 2.24. The average molecular weight is 231 g/mol. The van der Waals surface area contributed by atoms with E-state index >= 15 is 0 Å². The zero-order valence-electron chi connectivity index (χ0n) is 10.0. The van der Waals surface area contributed by atoms with E-state index < -0.39 is 0 Å². The molecule has 0 aliphatic heterocycles. The Balaban J connectivity index is 1.97. The summed E-state index contributed by atoms with van der Waals surface area (Å²) in [7, 11) is 0. The van der Waals surface area contributed by atoms with Crippen LogP contribution in [0.4, 0.5) is 11.6 Å². The van der Waals surface area contributed by atoms with Gasteiger partial charge in [0.05, 0.1) is 0 Å². The van der Waals surface area contributed by atoms with E-state index in [9.17, 15) is 0 Å². The molecule has 0 bridgehead atoms. The van der Waals surface area contributed by atoms with Crippen LogP contribution in [0.15, 0.2) is 6.07 Å². The van der Waals surface area contributed by atoms with Gasteiger partial charge in [0.25, 0.3) is 0 Å². The molecule has 0 spiro atoms. The molecule has 2 rings (SSSR count). The summed E-state index contributed by atoms with van der Waals surface area (Å²) in [5, 5.41) is 14.4. The summed E-state index contributed by atoms with van der Waals surface area (Å²) in [6.45, 7) is 2.78. The third-order valence-corrected chi connectivity index (χ3v) is 3.07. The highest BCUT2D eigenvalue weighted by Gasteiger charge is 2.14. The predicted molar refractivity (Wildman–Crippen MR) is 66.5 cm³/mol. The van der Waals surface area contributed by atoms with Crippen molar-refractivity contribution < 1.29 is 0 Å². The zero-order chi connectivity index (χ0) is 12.1. The molecule has 0 aromatic carbocycles. The summed E-state index contributed by atoms with van der Waals surface area (Å²) < 4.78 is 0. The average Bonchev–Trinajstić information content (AvgIpc) is 2.79. The summed E-state index contributed by atoms with van der Waals surface area (Å²) in [6.07, 6.45) is 7.17. The smallest absolute Gasteiger partial charge is 0.182 e. The molecule has 90 valence electrons. The molecule has 5 nitrogen and oxygen atoms in total. The van der Waals surface area contributed by atoms with Crippen molar-refractivity contribution in [2.75, 3.05) is 17.2 Å². The van der Waals surface area contributed by atoms with Gasteiger partial charge in [-0.3, -0.25) is 5.32 Å². The Morgan fingerprint density at radius 2 is 2.06 bits per heavy atom. The molecule has 17 heavy (non-hydrogen) atoms. The lowest BCUT2D eigenvalue weighted by atomic mass is 10.1. The van der Waals surface area contributed by atoms with Gasteiger partial charge in [0.1, 0.15) is 17.5 Å². The first-order valence-electron chi connectivity index (χ1n) is 6.02. The van der Waals surface area contributed by atoms with E-state index in [1.54, 1.807) is 6.07 Å². The van der Waals surface area contributed by atoms with Crippen LogP contribution in [-0.2, 0) is 0 Å². The van der Waals surface area contributed by atoms with Crippen molar-refractivity contribution in [3.05, 3.63) is 11.9 Å². The molecular weight excluding hydrogens is 214 g/mol. The van der Waals surface area contributed by atoms with Crippen molar-refractivity contribution in [3.63, 3.8) is 0 Å². The van der Waals surface area contributed by atoms with E-state index in [0.717, 1.165) is 18.3 Å². The van der Waals surface area contributed by atoms with E-state index in [2.05, 4.69) is 20.6 Å². The van der Waals surface area contributed by atoms with E-state index in [1.807, 2.05) is 13.1 Å². The second-order valence-electron chi connectivity index (χ2n) is 4.45. The van der Waals surface area contributed by atoms with Crippen molar-refractivity contribution in [3.8, 4) is 6.19 Å². The maximum atomic E-state index is 8.56. The highest BCUT2D eigenvalue weighted by atomic mass is 15.1. The van der Waals surface area contributed by atoms with Crippen LogP contribution in [0, 0.1) is 24.3 Å². The largest absolute Gasteiger partial charge is 0.370 e. The molecule has 1 aromatic rings. The molecule has 2 N–H and O–H groups in total. The highest BCUT2D eigenvalue weighted by molar-refractivity contribution is 5.49. The quantitative estimate of drug-likeness (QED) is 0.614. The van der Waals surface area contributed by atoms with E-state index in [0.29, 0.717) is 11.6 Å². The maximum Gasteiger partial charge on any atom is 0.182 e. The van der Waals surface area contributed by atoms with Crippen LogP contribution >= 0.6 is 0 Å². The van der Waals surface area contributed by atoms with Crippen LogP contribution in [0.5, 0.6) is 0 Å². The lowest BCUT2D eigenvalue weighted by Gasteiger charge is -2.11. The number of anilines is 2. The Labute approximate surface area is 101 Å². The minimum absolute atomic E-state index is 0.550. The molecule has 1 aliphatic carbocycles. The van der Waals surface area contributed by atoms with Gasteiger partial charge in [0, 0.05) is 12.6 Å². The summed E-state index contributed by atoms with van der Waals surface area (Å²) >= 11 is 0. The number of aromatic nitrogens is 2. The van der Waals surface area contributed by atoms with Crippen LogP contribution in [0.1, 0.15) is 31.5 Å². The number of nitriles is 1. The fourth-order valence-corrected chi connectivity index (χ4v) is 2.24. The summed E-state index contributed by atoms with van der Waals surface area (Å²) in [6, 6.07) is 1.77. The first-order valence-corrected chi connectivity index (χ1v) is 6.02. The number of nitrogens with zero attached hydrogens (tertiary/aromatic N) is 3. The normalized spacial score (nSPS) is 15.5. The fourth-order valence-electron chi connectivity index (χ4n) is 2.24. The van der Waals surface area contributed by atoms with Gasteiger partial charge in [0.15, 0.2) is 6.19 Å². The number of nitrogens with one attached hydrogen (secondary N) is 2. The lowest BCUT2D eigenvalue weighted by Crippen LogP contribution is -2.12. The first-order chi connectivity index (χ1) is 8.28. The molecule has 5 heteroatoms. The molecule has 0 amide bonds. The van der Waals surface area contributed by atoms with Crippen molar-refractivity contribution >= 4 is 11.6 Å². The Kier molecular flexibility index (Phi) is 3.76. The molecule has 1 aliphatic rings. The number of rotatable bonds is 4. The molecule has 0 unspecified atom stereocenters. The molecule has 1 heterocycles. The second-order valence-corrected chi connectivity index (χ2v) is 4.45. The van der Waals surface area contributed by atoms with E-state index in [-0.39, 0.29) is 0 Å². The summed E-state index contributed by atoms with van der Waals surface area (Å²) in [5.74, 6) is 2.77. The van der Waals surface area contributed by atoms with E-state index in [1.165, 1.54) is 25.7 Å². The minimum atomic E-state index is 0.550. The van der Waals surface area contributed by atoms with Gasteiger partial charge in [-0.2, -0.15) is 5.26 Å². The Hall–Kier alpha value is -1.83. The van der Waals surface area contributed by atoms with Gasteiger partial charge < -0.3 is 5.32 Å². The summed E-state index contributed by atoms with van der Waals surface area (Å²) in [4.78, 5) is 8.42. The van der Waals surface area contributed by atoms with Gasteiger partial charge >= 0.3 is 0 Å². The monoisotopic (exact) mass is 231 g/mol. The van der Waals surface area contributed by atoms with Crippen LogP contribution in [-0.4, -0.2) is 16.5 Å². The topological polar surface area (TPSA) is 73.6 Å². The van der Waals surface area contributed by atoms with Crippen molar-refractivity contribution in [1.82, 2.24) is 9.97 Å². The molecule has 0 radical (unpaired) electrons. The predicted octanol–water partition coefficient (Wildman–Crippen LogP) is 2.28. The lowest BCUT2D eigenvalue weighted by molar-refractivity contribution is 0.578. The van der Waals surface area contributed by atoms with Gasteiger partial charge in [-0.05, 0) is 25.7 Å². The molecule has 1 aromatic heterocycles. The van der Waals surface area contributed by atoms with Gasteiger partial charge in [-0.15, -0.1) is 0 Å². The summed E-state index contributed by atoms with van der Waals surface area (Å²) in [5.41, 5.74) is 0. The van der Waals surface area contributed by atoms with Gasteiger partial charge in [0.2, 0.25) is 0 Å². The molecule has 0 saturated heterocycles. The third kappa shape index (κ3) is 3.31. The van der Waals surface area contributed by atoms with Crippen molar-refractivity contribution in [2.24, 2.45) is 5.92 Å². The molecule has 1 saturated carbocycles. The molecule has 1 fully saturated rings. The number of hydrogen-bond donors (Lipinski definition) is 2. The third-order valence-electron chi connectivity index (χ3n) is 3.07. The number of aryl methyl sites for hydroxylation is 1. The first kappa shape index (κ1) is 11.6. The van der Waals surface area contributed by atoms with Crippen LogP contribution in [0.3, 0.4) is 0 Å². The fraction of sp³-hybridized carbons (Fsp3) is 0.583. The molecular formula is C12H17N5. The Morgan fingerprint density at radius 3 is 2.76 bits per heavy atom. The van der Waals surface area contributed by atoms with Crippen LogP contribution in [0.2, 0.25) is 0 Å². The molecule has 0 atom stereocenters. The van der Waals surface area contributed by atoms with Crippen LogP contribution < -0.4 is 10.6 Å². The van der Waals surface area contributed by atoms with Gasteiger partial charge in [-0.25, -0.2) is 9.97 Å². The van der Waals surface area contributed by atoms with Gasteiger partial charge in [-0.1, -0.05) is 12.8 Å². The Morgan fingerprint density at radius 1 is 1.35 bits per heavy atom. The van der Waals surface area contributed by atoms with Crippen LogP contribution in [0.25, 0.3) is 0 Å². The maximum absolute atomic E-state index is 8.56. The SMILES string of the molecule is Cc1nc(NC#N)cc(NCC2CCCC2)n1. The van der Waals surface area contributed by atoms with Crippen molar-refractivity contribution in [2.45, 2.75) is 32.6 Å². The minimum Gasteiger partial charge on any atom is -0.370 e. The van der Waals surface area contributed by atoms with E-state index in [4.69, 9.17) is 5.26 Å². The Bertz CT molecular complexity index is 417. The zero-order valence-corrected chi connectivity index (χ0v) is 10.0. The van der Waals surface area contributed by atoms with Crippen molar-refractivity contribution in [1.29, 1.82) is 5.26 Å². The second kappa shape index (κ2) is 5.48.